The van der Waals surface area contributed by atoms with Gasteiger partial charge in [0.25, 0.3) is 0 Å². The van der Waals surface area contributed by atoms with E-state index in [4.69, 9.17) is 22.7 Å². The van der Waals surface area contributed by atoms with E-state index < -0.39 is 0 Å². The van der Waals surface area contributed by atoms with Crippen LogP contribution in [0.4, 0.5) is 0 Å². The molecule has 15 rings (SSSR count). The Morgan fingerprint density at radius 1 is 0.431 bits per heavy atom. The van der Waals surface area contributed by atoms with Gasteiger partial charge in [-0.25, -0.2) is 0 Å². The predicted octanol–water partition coefficient (Wildman–Crippen LogP) is 15.9. The molecule has 0 aliphatic rings. The Labute approximate surface area is 608 Å². The Balaban J connectivity index is 0.000000137. The number of rotatable bonds is 17. The summed E-state index contributed by atoms with van der Waals surface area (Å²) in [5.74, 6) is 2.75. The first kappa shape index (κ1) is 75.1. The number of aliphatic hydroxyl groups excluding tert-OH is 2. The first-order chi connectivity index (χ1) is 48.7. The van der Waals surface area contributed by atoms with E-state index in [1.54, 1.807) is 0 Å². The van der Waals surface area contributed by atoms with Crippen LogP contribution in [-0.2, 0) is 32.7 Å². The number of aryl methyl sites for hydroxylation is 15. The molecule has 0 spiro atoms. The zero-order valence-corrected chi connectivity index (χ0v) is 63.0. The fourth-order valence-electron chi connectivity index (χ4n) is 15.1. The molecule has 0 radical (unpaired) electrons. The predicted molar refractivity (Wildman–Crippen MR) is 429 cm³/mol. The average molecular weight is 1380 g/mol. The summed E-state index contributed by atoms with van der Waals surface area (Å²) in [6.45, 7) is 32.0. The maximum atomic E-state index is 9.48. The minimum absolute atomic E-state index is 0. The van der Waals surface area contributed by atoms with Crippen molar-refractivity contribution in [1.29, 1.82) is 0 Å². The first-order valence-corrected chi connectivity index (χ1v) is 36.2. The number of nitrogens with two attached hydrogens (primary N) is 2. The lowest BCUT2D eigenvalue weighted by atomic mass is 10.1. The van der Waals surface area contributed by atoms with Crippen molar-refractivity contribution in [3.63, 3.8) is 0 Å². The third-order valence-electron chi connectivity index (χ3n) is 19.8. The van der Waals surface area contributed by atoms with Gasteiger partial charge in [-0.1, -0.05) is 97.1 Å². The number of aromatic nitrogens is 8. The van der Waals surface area contributed by atoms with Crippen molar-refractivity contribution in [2.24, 2.45) is 5.73 Å². The van der Waals surface area contributed by atoms with E-state index >= 15 is 0 Å². The molecule has 7 aromatic carbocycles. The fraction of sp³-hybridized carbons (Fsp3) is 0.326. The highest BCUT2D eigenvalue weighted by Crippen LogP contribution is 2.37. The van der Waals surface area contributed by atoms with Crippen LogP contribution in [0.1, 0.15) is 128 Å². The van der Waals surface area contributed by atoms with Crippen molar-refractivity contribution in [2.45, 2.75) is 186 Å². The Morgan fingerprint density at radius 2 is 0.745 bits per heavy atom. The van der Waals surface area contributed by atoms with Gasteiger partial charge in [0, 0.05) is 165 Å². The fourth-order valence-corrected chi connectivity index (χ4v) is 15.1. The molecule has 102 heavy (non-hydrogen) atoms. The Kier molecular flexibility index (Phi) is 24.6. The lowest BCUT2D eigenvalue weighted by Crippen LogP contribution is -3.00. The van der Waals surface area contributed by atoms with Gasteiger partial charge in [0.05, 0.1) is 50.8 Å². The number of hydrogen-bond acceptors (Lipinski definition) is 6. The van der Waals surface area contributed by atoms with E-state index in [0.717, 1.165) is 107 Å². The summed E-state index contributed by atoms with van der Waals surface area (Å²) in [6, 6.07) is 52.8. The maximum Gasteiger partial charge on any atom is 0.145 e. The van der Waals surface area contributed by atoms with Crippen LogP contribution in [0, 0.1) is 81.6 Å². The second-order valence-electron chi connectivity index (χ2n) is 28.3. The minimum atomic E-state index is -0.237. The molecule has 8 aromatic heterocycles. The van der Waals surface area contributed by atoms with Gasteiger partial charge in [0.1, 0.15) is 5.71 Å². The standard InChI is InChI=1S/C18H23N3.C18H21N3.C18H22N2O.C18H17N.C17H19NO.ClH/c2*1-12-6-7-15-16-8-9-20-14(3)18(16)21(17(15)11-12)10-4-5-13(2)19;1-12-6-7-15-16-8-9-19-14(3)18(16)20(17(15)11-12)10-4-5-13(2)21;1-4-5-11-19-17-12-13(2)9-10-15(17)16-8-6-7-14(3)18(16)19;1-12-7-8-14-15-6-3-5-13(2)17(15)18(9-4-10-19)16(14)11-12;/h6-9,11,13H,4-5,10,19H2,1-3H3;6-9,11,19H,4-5,10H2,1-3H3;6-9,11,13,21H,4-5,10H2,1-3H3;1,6-10,12H,5,11H2,2-3H3;3,5-8,11,19H,4,9-10H2,1-2H3;1H. The van der Waals surface area contributed by atoms with Gasteiger partial charge in [-0.2, -0.15) is 0 Å². The van der Waals surface area contributed by atoms with E-state index in [2.05, 4.69) is 265 Å². The number of fused-ring (bicyclic) bond motifs is 15. The largest absolute Gasteiger partial charge is 1.00 e. The highest BCUT2D eigenvalue weighted by molar-refractivity contribution is 6.12. The second-order valence-corrected chi connectivity index (χ2v) is 28.3. The number of pyridine rings is 3. The van der Waals surface area contributed by atoms with Crippen molar-refractivity contribution in [2.75, 3.05) is 6.61 Å². The van der Waals surface area contributed by atoms with Gasteiger partial charge in [-0.3, -0.25) is 20.4 Å². The van der Waals surface area contributed by atoms with E-state index in [9.17, 15) is 5.11 Å². The number of hydrogen-bond donors (Lipinski definition) is 4. The monoisotopic (exact) mass is 1380 g/mol. The zero-order chi connectivity index (χ0) is 71.8. The number of benzene rings is 7. The van der Waals surface area contributed by atoms with Crippen molar-refractivity contribution in [3.8, 4) is 12.3 Å². The summed E-state index contributed by atoms with van der Waals surface area (Å²) in [5, 5.41) is 37.5. The van der Waals surface area contributed by atoms with Crippen LogP contribution >= 0.6 is 0 Å². The molecule has 0 saturated carbocycles. The van der Waals surface area contributed by atoms with Gasteiger partial charge >= 0.3 is 0 Å². The minimum Gasteiger partial charge on any atom is -1.00 e. The van der Waals surface area contributed by atoms with Gasteiger partial charge < -0.3 is 51.2 Å². The molecule has 0 aliphatic heterocycles. The third-order valence-corrected chi connectivity index (χ3v) is 19.8. The van der Waals surface area contributed by atoms with E-state index in [1.807, 2.05) is 32.4 Å². The van der Waals surface area contributed by atoms with Crippen LogP contribution in [0.25, 0.3) is 109 Å². The molecule has 0 amide bonds. The molecule has 0 bridgehead atoms. The van der Waals surface area contributed by atoms with Gasteiger partial charge in [-0.05, 0) is 209 Å². The number of halogens is 1. The summed E-state index contributed by atoms with van der Waals surface area (Å²) < 4.78 is 11.9. The molecule has 12 nitrogen and oxygen atoms in total. The molecule has 15 aromatic rings. The molecule has 0 saturated heterocycles. The van der Waals surface area contributed by atoms with Crippen LogP contribution in [0.5, 0.6) is 0 Å². The summed E-state index contributed by atoms with van der Waals surface area (Å²) in [7, 11) is 0. The molecule has 6 N–H and O–H groups in total. The van der Waals surface area contributed by atoms with Crippen molar-refractivity contribution < 1.29 is 28.0 Å². The normalized spacial score (nSPS) is 12.0. The van der Waals surface area contributed by atoms with Crippen molar-refractivity contribution in [3.05, 3.63) is 220 Å². The first-order valence-electron chi connectivity index (χ1n) is 36.2. The summed E-state index contributed by atoms with van der Waals surface area (Å²) in [6.07, 6.45) is 18.4. The lowest BCUT2D eigenvalue weighted by Gasteiger charge is -2.10. The summed E-state index contributed by atoms with van der Waals surface area (Å²) in [5.41, 5.74) is 32.0. The average Bonchev–Trinajstić information content (AvgIpc) is 1.64. The van der Waals surface area contributed by atoms with E-state index in [-0.39, 0.29) is 31.2 Å². The SMILES string of the molecule is C#CCCn1c2cc(C)ccc2c2cccc(C)c21.CC(=[NH2+])CCCn1c2cc(C)ccc2c2ccnc(C)c21.Cc1ccc2c3cccc(C)c3n(CCCO)c2c1.Cc1ccc2c3ccnc(C)c3n(CCCC(C)N)c2c1.Cc1ccc2c3ccnc(C)c3n(CCCC(C)O)c2c1.[Cl-]. The van der Waals surface area contributed by atoms with Crippen LogP contribution in [0.2, 0.25) is 0 Å². The van der Waals surface area contributed by atoms with Gasteiger partial charge in [0.15, 0.2) is 0 Å². The van der Waals surface area contributed by atoms with Crippen LogP contribution in [-0.4, -0.2) is 72.5 Å². The topological polar surface area (TPSA) is 155 Å². The molecule has 2 unspecified atom stereocenters. The molecule has 2 atom stereocenters. The molecule has 528 valence electrons. The van der Waals surface area contributed by atoms with E-state index in [1.165, 1.54) is 148 Å². The van der Waals surface area contributed by atoms with Crippen molar-refractivity contribution >= 4 is 115 Å². The lowest BCUT2D eigenvalue weighted by molar-refractivity contribution is -0.117. The zero-order valence-electron chi connectivity index (χ0n) is 62.2. The Morgan fingerprint density at radius 3 is 1.07 bits per heavy atom. The van der Waals surface area contributed by atoms with Crippen LogP contribution in [0.3, 0.4) is 0 Å². The quantitative estimate of drug-likeness (QED) is 0.0526. The molecule has 0 fully saturated rings. The number of aliphatic hydroxyl groups is 2. The Bertz CT molecular complexity index is 5400. The number of nitrogens with zero attached hydrogens (tertiary/aromatic N) is 8. The molecule has 0 aliphatic carbocycles. The molecule has 8 heterocycles. The number of terminal acetylenes is 1. The van der Waals surface area contributed by atoms with Gasteiger partial charge in [0.2, 0.25) is 0 Å². The molecular formula is C89H103ClN10O2. The van der Waals surface area contributed by atoms with Crippen LogP contribution < -0.4 is 23.5 Å². The summed E-state index contributed by atoms with van der Waals surface area (Å²) >= 11 is 0. The maximum absolute atomic E-state index is 9.48. The highest BCUT2D eigenvalue weighted by Gasteiger charge is 2.19. The second kappa shape index (κ2) is 33.5. The van der Waals surface area contributed by atoms with E-state index in [0.29, 0.717) is 0 Å². The third kappa shape index (κ3) is 16.2. The Hall–Kier alpha value is -9.61. The van der Waals surface area contributed by atoms with Crippen LogP contribution in [0.15, 0.2) is 164 Å². The number of para-hydroxylation sites is 2. The molecule has 13 heteroatoms. The van der Waals surface area contributed by atoms with Crippen molar-refractivity contribution in [1.82, 2.24) is 37.8 Å². The smallest absolute Gasteiger partial charge is 0.145 e. The highest BCUT2D eigenvalue weighted by atomic mass is 35.5. The summed E-state index contributed by atoms with van der Waals surface area (Å²) in [4.78, 5) is 13.4. The molecular weight excluding hydrogens is 1280 g/mol. The van der Waals surface area contributed by atoms with Gasteiger partial charge in [-0.15, -0.1) is 12.3 Å².